The minimum absolute atomic E-state index is 0.245. The van der Waals surface area contributed by atoms with Crippen molar-refractivity contribution in [2.75, 3.05) is 0 Å². The Kier molecular flexibility index (Phi) is 2.31. The zero-order chi connectivity index (χ0) is 9.35. The minimum atomic E-state index is 0.245. The third kappa shape index (κ3) is 1.71. The van der Waals surface area contributed by atoms with Gasteiger partial charge in [-0.25, -0.2) is 0 Å². The quantitative estimate of drug-likeness (QED) is 0.586. The van der Waals surface area contributed by atoms with E-state index in [0.29, 0.717) is 0 Å². The van der Waals surface area contributed by atoms with Gasteiger partial charge in [0.15, 0.2) is 0 Å². The maximum atomic E-state index is 5.90. The molecule has 0 atom stereocenters. The summed E-state index contributed by atoms with van der Waals surface area (Å²) in [7, 11) is 0. The largest absolute Gasteiger partial charge is 0.402 e. The third-order valence-electron chi connectivity index (χ3n) is 2.46. The van der Waals surface area contributed by atoms with E-state index in [1.165, 1.54) is 11.1 Å². The van der Waals surface area contributed by atoms with Crippen LogP contribution in [0, 0.1) is 5.41 Å². The van der Waals surface area contributed by atoms with E-state index in [1.54, 1.807) is 0 Å². The Labute approximate surface area is 75.3 Å². The summed E-state index contributed by atoms with van der Waals surface area (Å²) in [6, 6.07) is 0. The lowest BCUT2D eigenvalue weighted by Crippen LogP contribution is -2.16. The first kappa shape index (κ1) is 9.37. The molecule has 1 aliphatic carbocycles. The van der Waals surface area contributed by atoms with Crippen LogP contribution in [-0.2, 0) is 0 Å². The molecule has 0 heterocycles. The molecule has 1 nitrogen and oxygen atoms in total. The zero-order valence-electron chi connectivity index (χ0n) is 8.57. The molecule has 0 bridgehead atoms. The van der Waals surface area contributed by atoms with Crippen molar-refractivity contribution in [2.24, 2.45) is 11.1 Å². The van der Waals surface area contributed by atoms with Crippen LogP contribution in [0.3, 0.4) is 0 Å². The Morgan fingerprint density at radius 1 is 1.33 bits per heavy atom. The summed E-state index contributed by atoms with van der Waals surface area (Å²) in [6.45, 7) is 8.84. The van der Waals surface area contributed by atoms with Gasteiger partial charge in [0.25, 0.3) is 0 Å². The molecule has 0 radical (unpaired) electrons. The van der Waals surface area contributed by atoms with E-state index >= 15 is 0 Å². The fourth-order valence-electron chi connectivity index (χ4n) is 1.75. The van der Waals surface area contributed by atoms with E-state index in [2.05, 4.69) is 33.8 Å². The lowest BCUT2D eigenvalue weighted by atomic mass is 9.78. The van der Waals surface area contributed by atoms with Crippen molar-refractivity contribution in [3.05, 3.63) is 22.9 Å². The SMILES string of the molecule is CC1=C(N)CCC=C1C(C)(C)C. The number of allylic oxidation sites excluding steroid dienone is 4. The molecule has 0 fully saturated rings. The van der Waals surface area contributed by atoms with Gasteiger partial charge in [0.05, 0.1) is 0 Å². The van der Waals surface area contributed by atoms with Gasteiger partial charge in [-0.2, -0.15) is 0 Å². The zero-order valence-corrected chi connectivity index (χ0v) is 8.57. The predicted molar refractivity (Wildman–Crippen MR) is 53.7 cm³/mol. The van der Waals surface area contributed by atoms with Crippen molar-refractivity contribution in [1.29, 1.82) is 0 Å². The lowest BCUT2D eigenvalue weighted by molar-refractivity contribution is 0.502. The molecule has 0 amide bonds. The van der Waals surface area contributed by atoms with Gasteiger partial charge >= 0.3 is 0 Å². The Morgan fingerprint density at radius 2 is 1.92 bits per heavy atom. The van der Waals surface area contributed by atoms with Crippen LogP contribution < -0.4 is 5.73 Å². The Hall–Kier alpha value is -0.720. The van der Waals surface area contributed by atoms with Crippen molar-refractivity contribution in [1.82, 2.24) is 0 Å². The van der Waals surface area contributed by atoms with Crippen molar-refractivity contribution >= 4 is 0 Å². The van der Waals surface area contributed by atoms with Crippen LogP contribution in [0.2, 0.25) is 0 Å². The smallest absolute Gasteiger partial charge is 0.0116 e. The summed E-state index contributed by atoms with van der Waals surface area (Å²) in [5.74, 6) is 0. The molecule has 1 heteroatoms. The number of hydrogen-bond donors (Lipinski definition) is 1. The maximum absolute atomic E-state index is 5.90. The molecule has 0 unspecified atom stereocenters. The Morgan fingerprint density at radius 3 is 2.33 bits per heavy atom. The Bertz CT molecular complexity index is 238. The van der Waals surface area contributed by atoms with E-state index in [4.69, 9.17) is 5.73 Å². The van der Waals surface area contributed by atoms with Crippen LogP contribution in [0.25, 0.3) is 0 Å². The standard InChI is InChI=1S/C11H19N/c1-8-9(11(2,3)4)6-5-7-10(8)12/h6H,5,7,12H2,1-4H3. The molecular weight excluding hydrogens is 146 g/mol. The van der Waals surface area contributed by atoms with E-state index < -0.39 is 0 Å². The van der Waals surface area contributed by atoms with Gasteiger partial charge < -0.3 is 5.73 Å². The van der Waals surface area contributed by atoms with Gasteiger partial charge in [-0.15, -0.1) is 0 Å². The second-order valence-corrected chi connectivity index (χ2v) is 4.56. The summed E-state index contributed by atoms with van der Waals surface area (Å²) in [5, 5.41) is 0. The summed E-state index contributed by atoms with van der Waals surface area (Å²) < 4.78 is 0. The van der Waals surface area contributed by atoms with Gasteiger partial charge in [0, 0.05) is 5.70 Å². The molecule has 12 heavy (non-hydrogen) atoms. The van der Waals surface area contributed by atoms with Gasteiger partial charge in [-0.1, -0.05) is 26.8 Å². The normalized spacial score (nSPS) is 19.5. The van der Waals surface area contributed by atoms with E-state index in [1.807, 2.05) is 0 Å². The van der Waals surface area contributed by atoms with E-state index in [0.717, 1.165) is 18.5 Å². The topological polar surface area (TPSA) is 26.0 Å². The molecule has 0 aliphatic heterocycles. The van der Waals surface area contributed by atoms with Crippen molar-refractivity contribution < 1.29 is 0 Å². The third-order valence-corrected chi connectivity index (χ3v) is 2.46. The predicted octanol–water partition coefficient (Wildman–Crippen LogP) is 2.99. The molecular formula is C11H19N. The highest BCUT2D eigenvalue weighted by Crippen LogP contribution is 2.35. The first-order valence-corrected chi connectivity index (χ1v) is 4.59. The molecule has 1 aliphatic rings. The van der Waals surface area contributed by atoms with Crippen molar-refractivity contribution in [2.45, 2.75) is 40.5 Å². The van der Waals surface area contributed by atoms with Crippen LogP contribution in [0.5, 0.6) is 0 Å². The van der Waals surface area contributed by atoms with Crippen LogP contribution in [-0.4, -0.2) is 0 Å². The molecule has 1 rings (SSSR count). The molecule has 0 saturated heterocycles. The second-order valence-electron chi connectivity index (χ2n) is 4.56. The molecule has 0 saturated carbocycles. The van der Waals surface area contributed by atoms with E-state index in [9.17, 15) is 0 Å². The highest BCUT2D eigenvalue weighted by Gasteiger charge is 2.21. The van der Waals surface area contributed by atoms with Gasteiger partial charge in [0.2, 0.25) is 0 Å². The highest BCUT2D eigenvalue weighted by molar-refractivity contribution is 5.39. The van der Waals surface area contributed by atoms with E-state index in [-0.39, 0.29) is 5.41 Å². The fraction of sp³-hybridized carbons (Fsp3) is 0.636. The first-order valence-electron chi connectivity index (χ1n) is 4.59. The molecule has 2 N–H and O–H groups in total. The molecule has 0 spiro atoms. The highest BCUT2D eigenvalue weighted by atomic mass is 14.6. The monoisotopic (exact) mass is 165 g/mol. The lowest BCUT2D eigenvalue weighted by Gasteiger charge is -2.27. The van der Waals surface area contributed by atoms with Crippen LogP contribution >= 0.6 is 0 Å². The first-order chi connectivity index (χ1) is 5.43. The molecule has 0 aromatic heterocycles. The number of rotatable bonds is 0. The van der Waals surface area contributed by atoms with Gasteiger partial charge in [-0.3, -0.25) is 0 Å². The van der Waals surface area contributed by atoms with Crippen LogP contribution in [0.1, 0.15) is 40.5 Å². The van der Waals surface area contributed by atoms with Crippen molar-refractivity contribution in [3.63, 3.8) is 0 Å². The fourth-order valence-corrected chi connectivity index (χ4v) is 1.75. The molecule has 68 valence electrons. The maximum Gasteiger partial charge on any atom is 0.0116 e. The average molecular weight is 165 g/mol. The number of nitrogens with two attached hydrogens (primary N) is 1. The summed E-state index contributed by atoms with van der Waals surface area (Å²) in [4.78, 5) is 0. The summed E-state index contributed by atoms with van der Waals surface area (Å²) in [6.07, 6.45) is 4.47. The summed E-state index contributed by atoms with van der Waals surface area (Å²) in [5.41, 5.74) is 9.94. The van der Waals surface area contributed by atoms with Crippen LogP contribution in [0.15, 0.2) is 22.9 Å². The van der Waals surface area contributed by atoms with Gasteiger partial charge in [0.1, 0.15) is 0 Å². The number of hydrogen-bond acceptors (Lipinski definition) is 1. The minimum Gasteiger partial charge on any atom is -0.402 e. The molecule has 0 aromatic carbocycles. The van der Waals surface area contributed by atoms with Gasteiger partial charge in [-0.05, 0) is 36.3 Å². The Balaban J connectivity index is 3.00. The van der Waals surface area contributed by atoms with Crippen LogP contribution in [0.4, 0.5) is 0 Å². The average Bonchev–Trinajstić information content (AvgIpc) is 1.92. The molecule has 0 aromatic rings. The van der Waals surface area contributed by atoms with Crippen molar-refractivity contribution in [3.8, 4) is 0 Å². The summed E-state index contributed by atoms with van der Waals surface area (Å²) >= 11 is 0. The second kappa shape index (κ2) is 2.96.